The van der Waals surface area contributed by atoms with Gasteiger partial charge in [0.15, 0.2) is 5.78 Å². The van der Waals surface area contributed by atoms with Gasteiger partial charge in [0.2, 0.25) is 5.91 Å². The van der Waals surface area contributed by atoms with Crippen LogP contribution < -0.4 is 4.90 Å². The van der Waals surface area contributed by atoms with Crippen LogP contribution in [0.2, 0.25) is 0 Å². The Morgan fingerprint density at radius 2 is 2.05 bits per heavy atom. The summed E-state index contributed by atoms with van der Waals surface area (Å²) in [5.74, 6) is -0.0313. The fraction of sp³-hybridized carbons (Fsp3) is 0.467. The number of fused-ring (bicyclic) bond motifs is 1. The van der Waals surface area contributed by atoms with Crippen molar-refractivity contribution in [3.8, 4) is 0 Å². The van der Waals surface area contributed by atoms with Crippen LogP contribution >= 0.6 is 11.6 Å². The smallest absolute Gasteiger partial charge is 0.237 e. The first kappa shape index (κ1) is 14.1. The average Bonchev–Trinajstić information content (AvgIpc) is 2.56. The van der Waals surface area contributed by atoms with Crippen molar-refractivity contribution in [1.29, 1.82) is 0 Å². The molecule has 0 aliphatic carbocycles. The molecular formula is C15H18ClNO2. The van der Waals surface area contributed by atoms with Crippen LogP contribution in [0.5, 0.6) is 0 Å². The first-order valence-electron chi connectivity index (χ1n) is 6.45. The lowest BCUT2D eigenvalue weighted by atomic mass is 9.85. The molecule has 1 aromatic rings. The number of hydrogen-bond donors (Lipinski definition) is 0. The molecule has 2 rings (SSSR count). The van der Waals surface area contributed by atoms with E-state index in [0.717, 1.165) is 11.3 Å². The van der Waals surface area contributed by atoms with Gasteiger partial charge in [-0.15, -0.1) is 11.6 Å². The van der Waals surface area contributed by atoms with Crippen LogP contribution in [0.25, 0.3) is 0 Å². The molecule has 0 radical (unpaired) electrons. The van der Waals surface area contributed by atoms with Gasteiger partial charge in [-0.1, -0.05) is 0 Å². The molecule has 19 heavy (non-hydrogen) atoms. The monoisotopic (exact) mass is 279 g/mol. The SMILES string of the molecule is CCN1C(=O)C(C)(C)c2cc(C(=O)C(C)Cl)ccc21. The zero-order chi connectivity index (χ0) is 14.4. The molecule has 3 nitrogen and oxygen atoms in total. The van der Waals surface area contributed by atoms with Crippen molar-refractivity contribution in [2.45, 2.75) is 38.5 Å². The van der Waals surface area contributed by atoms with Crippen LogP contribution in [0, 0.1) is 0 Å². The molecule has 1 unspecified atom stereocenters. The number of hydrogen-bond acceptors (Lipinski definition) is 2. The molecule has 1 aliphatic rings. The Kier molecular flexibility index (Phi) is 3.43. The molecule has 0 spiro atoms. The fourth-order valence-corrected chi connectivity index (χ4v) is 2.66. The highest BCUT2D eigenvalue weighted by molar-refractivity contribution is 6.33. The van der Waals surface area contributed by atoms with Crippen molar-refractivity contribution in [2.75, 3.05) is 11.4 Å². The number of amides is 1. The molecule has 1 aliphatic heterocycles. The van der Waals surface area contributed by atoms with E-state index in [1.54, 1.807) is 17.9 Å². The van der Waals surface area contributed by atoms with E-state index in [-0.39, 0.29) is 11.7 Å². The van der Waals surface area contributed by atoms with Crippen LogP contribution in [-0.4, -0.2) is 23.6 Å². The molecule has 0 N–H and O–H groups in total. The van der Waals surface area contributed by atoms with Crippen LogP contribution in [-0.2, 0) is 10.2 Å². The van der Waals surface area contributed by atoms with Crippen LogP contribution in [0.1, 0.15) is 43.6 Å². The summed E-state index contributed by atoms with van der Waals surface area (Å²) in [6.07, 6.45) is 0. The van der Waals surface area contributed by atoms with Gasteiger partial charge >= 0.3 is 0 Å². The highest BCUT2D eigenvalue weighted by Gasteiger charge is 2.43. The molecule has 1 atom stereocenters. The second-order valence-electron chi connectivity index (χ2n) is 5.39. The molecular weight excluding hydrogens is 262 g/mol. The van der Waals surface area contributed by atoms with E-state index in [2.05, 4.69) is 0 Å². The largest absolute Gasteiger partial charge is 0.312 e. The van der Waals surface area contributed by atoms with Crippen molar-refractivity contribution >= 4 is 29.0 Å². The standard InChI is InChI=1S/C15H18ClNO2/c1-5-17-12-7-6-10(13(18)9(2)16)8-11(12)15(3,4)14(17)19/h6-9H,5H2,1-4H3. The third-order valence-corrected chi connectivity index (χ3v) is 3.90. The Balaban J connectivity index is 2.55. The second kappa shape index (κ2) is 4.64. The number of likely N-dealkylation sites (N-methyl/N-ethyl adjacent to an activating group) is 1. The minimum absolute atomic E-state index is 0.0773. The van der Waals surface area contributed by atoms with Crippen molar-refractivity contribution in [3.05, 3.63) is 29.3 Å². The number of alkyl halides is 1. The lowest BCUT2D eigenvalue weighted by Gasteiger charge is -2.18. The molecule has 0 saturated heterocycles. The van der Waals surface area contributed by atoms with Crippen molar-refractivity contribution < 1.29 is 9.59 Å². The fourth-order valence-electron chi connectivity index (χ4n) is 2.53. The summed E-state index contributed by atoms with van der Waals surface area (Å²) in [5.41, 5.74) is 1.79. The normalized spacial score (nSPS) is 18.4. The van der Waals surface area contributed by atoms with Gasteiger partial charge in [0.25, 0.3) is 0 Å². The van der Waals surface area contributed by atoms with E-state index in [0.29, 0.717) is 12.1 Å². The summed E-state index contributed by atoms with van der Waals surface area (Å²) >= 11 is 5.84. The maximum Gasteiger partial charge on any atom is 0.237 e. The summed E-state index contributed by atoms with van der Waals surface area (Å²) < 4.78 is 0. The van der Waals surface area contributed by atoms with Gasteiger partial charge in [0.05, 0.1) is 10.8 Å². The Labute approximate surface area is 118 Å². The molecule has 1 amide bonds. The van der Waals surface area contributed by atoms with E-state index in [1.165, 1.54) is 0 Å². The van der Waals surface area contributed by atoms with E-state index in [9.17, 15) is 9.59 Å². The minimum Gasteiger partial charge on any atom is -0.312 e. The zero-order valence-corrected chi connectivity index (χ0v) is 12.4. The summed E-state index contributed by atoms with van der Waals surface area (Å²) in [7, 11) is 0. The number of carbonyl (C=O) groups excluding carboxylic acids is 2. The predicted octanol–water partition coefficient (Wildman–Crippen LogP) is 3.14. The van der Waals surface area contributed by atoms with Gasteiger partial charge in [0.1, 0.15) is 0 Å². The first-order valence-corrected chi connectivity index (χ1v) is 6.89. The van der Waals surface area contributed by atoms with Crippen molar-refractivity contribution in [2.24, 2.45) is 0 Å². The van der Waals surface area contributed by atoms with Crippen LogP contribution in [0.4, 0.5) is 5.69 Å². The number of benzene rings is 1. The Morgan fingerprint density at radius 1 is 1.42 bits per heavy atom. The van der Waals surface area contributed by atoms with Gasteiger partial charge in [-0.3, -0.25) is 9.59 Å². The van der Waals surface area contributed by atoms with Crippen molar-refractivity contribution in [3.63, 3.8) is 0 Å². The van der Waals surface area contributed by atoms with E-state index in [4.69, 9.17) is 11.6 Å². The van der Waals surface area contributed by atoms with Crippen molar-refractivity contribution in [1.82, 2.24) is 0 Å². The molecule has 102 valence electrons. The van der Waals surface area contributed by atoms with Gasteiger partial charge in [-0.25, -0.2) is 0 Å². The Bertz CT molecular complexity index is 549. The second-order valence-corrected chi connectivity index (χ2v) is 6.04. The Morgan fingerprint density at radius 3 is 2.58 bits per heavy atom. The van der Waals surface area contributed by atoms with Gasteiger partial charge in [0, 0.05) is 17.8 Å². The third kappa shape index (κ3) is 2.06. The molecule has 0 fully saturated rings. The topological polar surface area (TPSA) is 37.4 Å². The number of halogens is 1. The summed E-state index contributed by atoms with van der Waals surface area (Å²) in [4.78, 5) is 26.1. The number of Topliss-reactive ketones (excluding diaryl/α,β-unsaturated/α-hetero) is 1. The number of carbonyl (C=O) groups is 2. The zero-order valence-electron chi connectivity index (χ0n) is 11.7. The summed E-state index contributed by atoms with van der Waals surface area (Å²) in [6.45, 7) is 8.02. The highest BCUT2D eigenvalue weighted by Crippen LogP contribution is 2.41. The lowest BCUT2D eigenvalue weighted by molar-refractivity contribution is -0.122. The third-order valence-electron chi connectivity index (χ3n) is 3.70. The molecule has 1 heterocycles. The van der Waals surface area contributed by atoms with Crippen LogP contribution in [0.3, 0.4) is 0 Å². The highest BCUT2D eigenvalue weighted by atomic mass is 35.5. The van der Waals surface area contributed by atoms with E-state index >= 15 is 0 Å². The summed E-state index contributed by atoms with van der Waals surface area (Å²) in [6, 6.07) is 5.40. The molecule has 1 aromatic carbocycles. The van der Waals surface area contributed by atoms with E-state index in [1.807, 2.05) is 32.9 Å². The number of ketones is 1. The lowest BCUT2D eigenvalue weighted by Crippen LogP contribution is -2.35. The first-order chi connectivity index (χ1) is 8.80. The quantitative estimate of drug-likeness (QED) is 0.630. The maximum absolute atomic E-state index is 12.3. The Hall–Kier alpha value is -1.35. The predicted molar refractivity (Wildman–Crippen MR) is 77.1 cm³/mol. The number of rotatable bonds is 3. The molecule has 0 bridgehead atoms. The molecule has 0 aromatic heterocycles. The minimum atomic E-state index is -0.586. The van der Waals surface area contributed by atoms with Crippen LogP contribution in [0.15, 0.2) is 18.2 Å². The number of nitrogens with zero attached hydrogens (tertiary/aromatic N) is 1. The number of anilines is 1. The van der Waals surface area contributed by atoms with Gasteiger partial charge in [-0.2, -0.15) is 0 Å². The molecule has 4 heteroatoms. The van der Waals surface area contributed by atoms with Gasteiger partial charge < -0.3 is 4.90 Å². The summed E-state index contributed by atoms with van der Waals surface area (Å²) in [5, 5.41) is -0.555. The average molecular weight is 280 g/mol. The maximum atomic E-state index is 12.3. The van der Waals surface area contributed by atoms with Gasteiger partial charge in [-0.05, 0) is 51.5 Å². The molecule has 0 saturated carbocycles. The van der Waals surface area contributed by atoms with E-state index < -0.39 is 10.8 Å².